The maximum atomic E-state index is 13.1. The van der Waals surface area contributed by atoms with E-state index in [0.717, 1.165) is 39.3 Å². The van der Waals surface area contributed by atoms with Gasteiger partial charge in [0.25, 0.3) is 5.91 Å². The number of amides is 1. The summed E-state index contributed by atoms with van der Waals surface area (Å²) in [6.07, 6.45) is 0. The second kappa shape index (κ2) is 6.57. The third-order valence-corrected chi connectivity index (χ3v) is 6.67. The predicted molar refractivity (Wildman–Crippen MR) is 108 cm³/mol. The van der Waals surface area contributed by atoms with E-state index < -0.39 is 0 Å². The third kappa shape index (κ3) is 2.88. The third-order valence-electron chi connectivity index (χ3n) is 6.67. The zero-order valence-electron chi connectivity index (χ0n) is 16.1. The zero-order chi connectivity index (χ0) is 19.3. The number of nitrogens with zero attached hydrogens (tertiary/aromatic N) is 2. The van der Waals surface area contributed by atoms with Crippen LogP contribution in [0.5, 0.6) is 0 Å². The first-order chi connectivity index (χ1) is 13.5. The molecular formula is C22H26N4O2. The van der Waals surface area contributed by atoms with Crippen molar-refractivity contribution >= 4 is 5.91 Å². The Kier molecular flexibility index (Phi) is 4.14. The van der Waals surface area contributed by atoms with Crippen molar-refractivity contribution in [3.05, 3.63) is 69.6 Å². The standard InChI is InChI=1S/C22H26N4O2/c1-15-9-16(10-19(27)23-15)21(28)24-20-17-11-25-7-8-26(12-17)14-22(20,13-25)18-5-3-2-4-6-18/h2-6,9-10,17,20H,7-8,11-14H2,1H3,(H,23,27)(H,24,28). The Morgan fingerprint density at radius 3 is 2.43 bits per heavy atom. The molecule has 0 saturated carbocycles. The van der Waals surface area contributed by atoms with E-state index in [0.29, 0.717) is 17.2 Å². The van der Waals surface area contributed by atoms with Crippen LogP contribution in [0.4, 0.5) is 0 Å². The van der Waals surface area contributed by atoms with Crippen LogP contribution in [0.3, 0.4) is 0 Å². The van der Waals surface area contributed by atoms with E-state index in [1.165, 1.54) is 11.6 Å². The Morgan fingerprint density at radius 2 is 1.79 bits per heavy atom. The van der Waals surface area contributed by atoms with Gasteiger partial charge in [-0.25, -0.2) is 0 Å². The Balaban J connectivity index is 1.53. The first-order valence-electron chi connectivity index (χ1n) is 10.1. The van der Waals surface area contributed by atoms with Crippen LogP contribution >= 0.6 is 0 Å². The molecular weight excluding hydrogens is 352 g/mol. The second-order valence-electron chi connectivity index (χ2n) is 8.62. The van der Waals surface area contributed by atoms with E-state index in [1.54, 1.807) is 13.0 Å². The number of pyridine rings is 1. The number of aryl methyl sites for hydroxylation is 1. The summed E-state index contributed by atoms with van der Waals surface area (Å²) < 4.78 is 0. The van der Waals surface area contributed by atoms with Gasteiger partial charge in [0.2, 0.25) is 5.56 Å². The lowest BCUT2D eigenvalue weighted by atomic mass is 9.64. The highest BCUT2D eigenvalue weighted by Crippen LogP contribution is 2.43. The molecule has 6 rings (SSSR count). The molecule has 0 aliphatic carbocycles. The van der Waals surface area contributed by atoms with Gasteiger partial charge in [0.05, 0.1) is 0 Å². The van der Waals surface area contributed by atoms with Gasteiger partial charge >= 0.3 is 0 Å². The molecule has 28 heavy (non-hydrogen) atoms. The molecule has 0 spiro atoms. The van der Waals surface area contributed by atoms with Gasteiger partial charge in [-0.1, -0.05) is 30.3 Å². The minimum Gasteiger partial charge on any atom is -0.348 e. The molecule has 0 radical (unpaired) electrons. The number of fused-ring (bicyclic) bond motifs is 1. The molecule has 146 valence electrons. The highest BCUT2D eigenvalue weighted by Gasteiger charge is 2.55. The predicted octanol–water partition coefficient (Wildman–Crippen LogP) is 0.981. The molecule has 2 aromatic rings. The average Bonchev–Trinajstić information content (AvgIpc) is 2.92. The molecule has 1 aromatic heterocycles. The van der Waals surface area contributed by atoms with Crippen LogP contribution in [0.15, 0.2) is 47.3 Å². The van der Waals surface area contributed by atoms with E-state index in [-0.39, 0.29) is 22.9 Å². The van der Waals surface area contributed by atoms with Gasteiger partial charge in [-0.2, -0.15) is 0 Å². The highest BCUT2D eigenvalue weighted by molar-refractivity contribution is 5.94. The van der Waals surface area contributed by atoms with Crippen LogP contribution < -0.4 is 10.9 Å². The van der Waals surface area contributed by atoms with Crippen LogP contribution in [-0.4, -0.2) is 66.0 Å². The lowest BCUT2D eigenvalue weighted by Gasteiger charge is -2.55. The highest BCUT2D eigenvalue weighted by atomic mass is 16.2. The Labute approximate surface area is 164 Å². The van der Waals surface area contributed by atoms with Gasteiger partial charge in [0.1, 0.15) is 0 Å². The molecule has 3 unspecified atom stereocenters. The summed E-state index contributed by atoms with van der Waals surface area (Å²) in [7, 11) is 0. The molecule has 4 aliphatic heterocycles. The summed E-state index contributed by atoms with van der Waals surface area (Å²) in [6.45, 7) is 7.96. The molecule has 4 fully saturated rings. The number of carbonyl (C=O) groups excluding carboxylic acids is 1. The quantitative estimate of drug-likeness (QED) is 0.836. The monoisotopic (exact) mass is 378 g/mol. The summed E-state index contributed by atoms with van der Waals surface area (Å²) in [5.74, 6) is 0.239. The first-order valence-corrected chi connectivity index (χ1v) is 10.1. The normalized spacial score (nSPS) is 33.5. The van der Waals surface area contributed by atoms with Crippen molar-refractivity contribution in [2.45, 2.75) is 18.4 Å². The number of nitrogens with one attached hydrogen (secondary N) is 2. The number of aromatic amines is 1. The minimum absolute atomic E-state index is 0.0626. The molecule has 4 aliphatic rings. The number of aromatic nitrogens is 1. The van der Waals surface area contributed by atoms with E-state index in [4.69, 9.17) is 0 Å². The number of hydrogen-bond acceptors (Lipinski definition) is 4. The summed E-state index contributed by atoms with van der Waals surface area (Å²) in [4.78, 5) is 32.8. The lowest BCUT2D eigenvalue weighted by Crippen LogP contribution is -2.70. The molecule has 3 atom stereocenters. The van der Waals surface area contributed by atoms with Crippen molar-refractivity contribution < 1.29 is 4.79 Å². The van der Waals surface area contributed by atoms with E-state index >= 15 is 0 Å². The second-order valence-corrected chi connectivity index (χ2v) is 8.62. The maximum absolute atomic E-state index is 13.1. The van der Waals surface area contributed by atoms with Crippen molar-refractivity contribution in [2.75, 3.05) is 39.3 Å². The number of piperidine rings is 2. The van der Waals surface area contributed by atoms with Crippen LogP contribution in [-0.2, 0) is 5.41 Å². The number of benzene rings is 1. The maximum Gasteiger partial charge on any atom is 0.251 e. The Morgan fingerprint density at radius 1 is 1.11 bits per heavy atom. The number of carbonyl (C=O) groups is 1. The molecule has 1 aromatic carbocycles. The average molecular weight is 378 g/mol. The lowest BCUT2D eigenvalue weighted by molar-refractivity contribution is 0.0180. The van der Waals surface area contributed by atoms with Crippen molar-refractivity contribution in [3.8, 4) is 0 Å². The fourth-order valence-corrected chi connectivity index (χ4v) is 5.61. The fourth-order valence-electron chi connectivity index (χ4n) is 5.61. The van der Waals surface area contributed by atoms with E-state index in [2.05, 4.69) is 44.4 Å². The number of H-pyrrole nitrogens is 1. The minimum atomic E-state index is -0.234. The van der Waals surface area contributed by atoms with Crippen LogP contribution in [0.25, 0.3) is 0 Å². The van der Waals surface area contributed by atoms with E-state index in [1.807, 2.05) is 6.07 Å². The SMILES string of the molecule is Cc1cc(C(=O)NC2C3CN4CCN(C3)CC2(c2ccccc2)C4)cc(=O)[nH]1. The number of rotatable bonds is 3. The fraction of sp³-hybridized carbons (Fsp3) is 0.455. The van der Waals surface area contributed by atoms with Gasteiger partial charge in [0.15, 0.2) is 0 Å². The van der Waals surface area contributed by atoms with Crippen LogP contribution in [0.2, 0.25) is 0 Å². The molecule has 4 bridgehead atoms. The van der Waals surface area contributed by atoms with Gasteiger partial charge in [-0.05, 0) is 18.6 Å². The van der Waals surface area contributed by atoms with Crippen molar-refractivity contribution in [2.24, 2.45) is 5.92 Å². The summed E-state index contributed by atoms with van der Waals surface area (Å²) in [5, 5.41) is 3.35. The van der Waals surface area contributed by atoms with Crippen molar-refractivity contribution in [1.29, 1.82) is 0 Å². The van der Waals surface area contributed by atoms with Gasteiger partial charge in [-0.15, -0.1) is 0 Å². The Hall–Kier alpha value is -2.44. The molecule has 1 amide bonds. The molecule has 6 heteroatoms. The van der Waals surface area contributed by atoms with E-state index in [9.17, 15) is 9.59 Å². The molecule has 4 saturated heterocycles. The summed E-state index contributed by atoms with van der Waals surface area (Å²) in [6, 6.07) is 13.8. The van der Waals surface area contributed by atoms with Crippen molar-refractivity contribution in [3.63, 3.8) is 0 Å². The smallest absolute Gasteiger partial charge is 0.251 e. The number of hydrogen-bond donors (Lipinski definition) is 2. The molecule has 6 nitrogen and oxygen atoms in total. The summed E-state index contributed by atoms with van der Waals surface area (Å²) in [5.41, 5.74) is 2.09. The zero-order valence-corrected chi connectivity index (χ0v) is 16.1. The van der Waals surface area contributed by atoms with Gasteiger partial charge < -0.3 is 20.1 Å². The topological polar surface area (TPSA) is 68.4 Å². The summed E-state index contributed by atoms with van der Waals surface area (Å²) >= 11 is 0. The largest absolute Gasteiger partial charge is 0.348 e. The van der Waals surface area contributed by atoms with Crippen LogP contribution in [0.1, 0.15) is 21.6 Å². The van der Waals surface area contributed by atoms with Crippen LogP contribution in [0, 0.1) is 12.8 Å². The molecule has 2 N–H and O–H groups in total. The Bertz CT molecular complexity index is 939. The molecule has 5 heterocycles. The first kappa shape index (κ1) is 17.6. The van der Waals surface area contributed by atoms with Gasteiger partial charge in [-0.3, -0.25) is 9.59 Å². The van der Waals surface area contributed by atoms with Gasteiger partial charge in [0, 0.05) is 74.0 Å². The van der Waals surface area contributed by atoms with Crippen molar-refractivity contribution in [1.82, 2.24) is 20.1 Å².